The summed E-state index contributed by atoms with van der Waals surface area (Å²) >= 11 is 0. The third-order valence-corrected chi connectivity index (χ3v) is 6.14. The van der Waals surface area contributed by atoms with E-state index >= 15 is 0 Å². The quantitative estimate of drug-likeness (QED) is 0.807. The van der Waals surface area contributed by atoms with Crippen LogP contribution in [0.15, 0.2) is 29.2 Å². The molecule has 2 rings (SSSR count). The van der Waals surface area contributed by atoms with Gasteiger partial charge < -0.3 is 10.6 Å². The maximum absolute atomic E-state index is 12.8. The second kappa shape index (κ2) is 8.69. The van der Waals surface area contributed by atoms with Crippen molar-refractivity contribution in [3.8, 4) is 0 Å². The molecule has 0 saturated carbocycles. The predicted octanol–water partition coefficient (Wildman–Crippen LogP) is 2.38. The third kappa shape index (κ3) is 5.67. The molecule has 2 atom stereocenters. The highest BCUT2D eigenvalue weighted by atomic mass is 35.5. The zero-order valence-corrected chi connectivity index (χ0v) is 17.5. The Balaban J connectivity index is 0.00000338. The summed E-state index contributed by atoms with van der Waals surface area (Å²) in [5, 5.41) is 0. The molecule has 1 aromatic carbocycles. The van der Waals surface area contributed by atoms with Crippen molar-refractivity contribution < 1.29 is 13.2 Å². The number of amides is 1. The number of nitrogens with two attached hydrogens (primary N) is 1. The van der Waals surface area contributed by atoms with Crippen LogP contribution in [-0.2, 0) is 10.0 Å². The maximum Gasteiger partial charge on any atom is 0.254 e. The number of sulfonamides is 1. The lowest BCUT2D eigenvalue weighted by atomic mass is 9.92. The normalized spacial score (nSPS) is 21.2. The van der Waals surface area contributed by atoms with Crippen molar-refractivity contribution in [2.75, 3.05) is 13.1 Å². The number of carbonyl (C=O) groups excluding carboxylic acids is 1. The first-order valence-corrected chi connectivity index (χ1v) is 10.2. The van der Waals surface area contributed by atoms with Gasteiger partial charge >= 0.3 is 0 Å². The SMILES string of the molecule is CC1CCN(C(=O)c2ccc(S(=O)(=O)NC(C)(C)C)cc2)C(CN)C1.Cl. The van der Waals surface area contributed by atoms with Gasteiger partial charge in [-0.1, -0.05) is 6.92 Å². The van der Waals surface area contributed by atoms with Gasteiger partial charge in [0.15, 0.2) is 0 Å². The van der Waals surface area contributed by atoms with Crippen molar-refractivity contribution in [3.05, 3.63) is 29.8 Å². The molecular weight excluding hydrogens is 374 g/mol. The number of likely N-dealkylation sites (tertiary alicyclic amines) is 1. The molecule has 1 saturated heterocycles. The van der Waals surface area contributed by atoms with Crippen molar-refractivity contribution in [1.29, 1.82) is 0 Å². The van der Waals surface area contributed by atoms with Gasteiger partial charge in [0.25, 0.3) is 5.91 Å². The number of hydrogen-bond donors (Lipinski definition) is 2. The molecule has 6 nitrogen and oxygen atoms in total. The van der Waals surface area contributed by atoms with E-state index in [1.165, 1.54) is 12.1 Å². The van der Waals surface area contributed by atoms with Crippen LogP contribution in [0.5, 0.6) is 0 Å². The number of carbonyl (C=O) groups is 1. The lowest BCUT2D eigenvalue weighted by molar-refractivity contribution is 0.0573. The lowest BCUT2D eigenvalue weighted by Gasteiger charge is -2.38. The van der Waals surface area contributed by atoms with Gasteiger partial charge in [0.2, 0.25) is 10.0 Å². The number of halogens is 1. The summed E-state index contributed by atoms with van der Waals surface area (Å²) in [6.07, 6.45) is 1.87. The minimum absolute atomic E-state index is 0. The first-order valence-electron chi connectivity index (χ1n) is 8.68. The summed E-state index contributed by atoms with van der Waals surface area (Å²) in [6.45, 7) is 8.66. The Morgan fingerprint density at radius 3 is 2.35 bits per heavy atom. The predicted molar refractivity (Wildman–Crippen MR) is 106 cm³/mol. The first-order chi connectivity index (χ1) is 11.5. The van der Waals surface area contributed by atoms with Crippen LogP contribution in [-0.4, -0.2) is 43.9 Å². The molecule has 2 unspecified atom stereocenters. The minimum Gasteiger partial charge on any atom is -0.334 e. The van der Waals surface area contributed by atoms with Crippen LogP contribution in [0, 0.1) is 5.92 Å². The summed E-state index contributed by atoms with van der Waals surface area (Å²) in [4.78, 5) is 14.7. The second-order valence-corrected chi connectivity index (χ2v) is 9.58. The van der Waals surface area contributed by atoms with Crippen LogP contribution >= 0.6 is 12.4 Å². The van der Waals surface area contributed by atoms with E-state index in [1.54, 1.807) is 32.9 Å². The van der Waals surface area contributed by atoms with Crippen molar-refractivity contribution in [1.82, 2.24) is 9.62 Å². The third-order valence-electron chi connectivity index (χ3n) is 4.36. The smallest absolute Gasteiger partial charge is 0.254 e. The molecule has 1 heterocycles. The Bertz CT molecular complexity index is 714. The van der Waals surface area contributed by atoms with Crippen molar-refractivity contribution >= 4 is 28.3 Å². The van der Waals surface area contributed by atoms with Gasteiger partial charge in [0.05, 0.1) is 4.90 Å². The number of benzene rings is 1. The van der Waals surface area contributed by atoms with E-state index in [4.69, 9.17) is 5.73 Å². The van der Waals surface area contributed by atoms with E-state index in [-0.39, 0.29) is 29.3 Å². The molecule has 0 spiro atoms. The monoisotopic (exact) mass is 403 g/mol. The van der Waals surface area contributed by atoms with Gasteiger partial charge in [-0.25, -0.2) is 13.1 Å². The fourth-order valence-electron chi connectivity index (χ4n) is 3.15. The highest BCUT2D eigenvalue weighted by molar-refractivity contribution is 7.89. The molecule has 148 valence electrons. The molecule has 8 heteroatoms. The summed E-state index contributed by atoms with van der Waals surface area (Å²) in [7, 11) is -3.60. The lowest BCUT2D eigenvalue weighted by Crippen LogP contribution is -2.49. The van der Waals surface area contributed by atoms with Gasteiger partial charge in [0, 0.05) is 30.2 Å². The Hall–Kier alpha value is -1.15. The average Bonchev–Trinajstić information content (AvgIpc) is 2.52. The van der Waals surface area contributed by atoms with Crippen LogP contribution in [0.1, 0.15) is 50.9 Å². The Labute approximate surface area is 163 Å². The van der Waals surface area contributed by atoms with E-state index in [0.29, 0.717) is 24.6 Å². The maximum atomic E-state index is 12.8. The van der Waals surface area contributed by atoms with Crippen molar-refractivity contribution in [2.24, 2.45) is 11.7 Å². The van der Waals surface area contributed by atoms with E-state index in [1.807, 2.05) is 4.90 Å². The molecule has 1 aliphatic heterocycles. The zero-order valence-electron chi connectivity index (χ0n) is 15.9. The van der Waals surface area contributed by atoms with E-state index < -0.39 is 15.6 Å². The van der Waals surface area contributed by atoms with Crippen LogP contribution in [0.4, 0.5) is 0 Å². The van der Waals surface area contributed by atoms with E-state index in [0.717, 1.165) is 12.8 Å². The first kappa shape index (κ1) is 22.9. The molecule has 26 heavy (non-hydrogen) atoms. The molecule has 3 N–H and O–H groups in total. The Morgan fingerprint density at radius 1 is 1.27 bits per heavy atom. The molecular formula is C18H30ClN3O3S. The summed E-state index contributed by atoms with van der Waals surface area (Å²) in [6, 6.07) is 6.15. The molecule has 1 aromatic rings. The van der Waals surface area contributed by atoms with Crippen LogP contribution in [0.25, 0.3) is 0 Å². The number of hydrogen-bond acceptors (Lipinski definition) is 4. The average molecular weight is 404 g/mol. The van der Waals surface area contributed by atoms with Crippen LogP contribution < -0.4 is 10.5 Å². The molecule has 0 radical (unpaired) electrons. The van der Waals surface area contributed by atoms with E-state index in [9.17, 15) is 13.2 Å². The highest BCUT2D eigenvalue weighted by Gasteiger charge is 2.30. The zero-order chi connectivity index (χ0) is 18.8. The van der Waals surface area contributed by atoms with Gasteiger partial charge in [-0.2, -0.15) is 0 Å². The van der Waals surface area contributed by atoms with Crippen LogP contribution in [0.2, 0.25) is 0 Å². The fraction of sp³-hybridized carbons (Fsp3) is 0.611. The van der Waals surface area contributed by atoms with Gasteiger partial charge in [0.1, 0.15) is 0 Å². The van der Waals surface area contributed by atoms with Gasteiger partial charge in [-0.05, 0) is 63.8 Å². The summed E-state index contributed by atoms with van der Waals surface area (Å²) < 4.78 is 27.3. The van der Waals surface area contributed by atoms with Crippen molar-refractivity contribution in [2.45, 2.75) is 57.0 Å². The summed E-state index contributed by atoms with van der Waals surface area (Å²) in [5.74, 6) is 0.476. The molecule has 1 amide bonds. The molecule has 1 aliphatic rings. The van der Waals surface area contributed by atoms with Crippen LogP contribution in [0.3, 0.4) is 0 Å². The number of piperidine rings is 1. The Morgan fingerprint density at radius 2 is 1.85 bits per heavy atom. The minimum atomic E-state index is -3.60. The topological polar surface area (TPSA) is 92.5 Å². The number of nitrogens with zero attached hydrogens (tertiary/aromatic N) is 1. The fourth-order valence-corrected chi connectivity index (χ4v) is 4.57. The standard InChI is InChI=1S/C18H29N3O3S.ClH/c1-13-9-10-21(15(11-13)12-19)17(22)14-5-7-16(8-6-14)25(23,24)20-18(2,3)4;/h5-8,13,15,20H,9-12,19H2,1-4H3;1H. The van der Waals surface area contributed by atoms with E-state index in [2.05, 4.69) is 11.6 Å². The molecule has 1 fully saturated rings. The Kier molecular flexibility index (Phi) is 7.65. The van der Waals surface area contributed by atoms with Crippen molar-refractivity contribution in [3.63, 3.8) is 0 Å². The molecule has 0 aliphatic carbocycles. The van der Waals surface area contributed by atoms with Gasteiger partial charge in [-0.15, -0.1) is 12.4 Å². The number of rotatable bonds is 4. The second-order valence-electron chi connectivity index (χ2n) is 7.90. The molecule has 0 bridgehead atoms. The highest BCUT2D eigenvalue weighted by Crippen LogP contribution is 2.24. The molecule has 0 aromatic heterocycles. The summed E-state index contributed by atoms with van der Waals surface area (Å²) in [5.41, 5.74) is 5.76. The number of nitrogens with one attached hydrogen (secondary N) is 1. The largest absolute Gasteiger partial charge is 0.334 e. The van der Waals surface area contributed by atoms with Gasteiger partial charge in [-0.3, -0.25) is 4.79 Å².